The van der Waals surface area contributed by atoms with Crippen molar-refractivity contribution in [2.45, 2.75) is 26.7 Å². The highest BCUT2D eigenvalue weighted by atomic mass is 16.5. The summed E-state index contributed by atoms with van der Waals surface area (Å²) >= 11 is 0. The maximum absolute atomic E-state index is 11.0. The summed E-state index contributed by atoms with van der Waals surface area (Å²) in [7, 11) is 0. The third-order valence-electron chi connectivity index (χ3n) is 1.67. The highest BCUT2D eigenvalue weighted by molar-refractivity contribution is 5.75. The molecule has 0 rings (SSSR count). The summed E-state index contributed by atoms with van der Waals surface area (Å²) in [5, 5.41) is 5.89. The van der Waals surface area contributed by atoms with Crippen LogP contribution in [0.3, 0.4) is 0 Å². The lowest BCUT2D eigenvalue weighted by atomic mass is 10.4. The molecule has 0 aromatic carbocycles. The molecule has 4 heteroatoms. The second-order valence-corrected chi connectivity index (χ2v) is 3.07. The van der Waals surface area contributed by atoms with Gasteiger partial charge in [0.2, 0.25) is 5.91 Å². The van der Waals surface area contributed by atoms with Gasteiger partial charge in [-0.3, -0.25) is 4.79 Å². The first kappa shape index (κ1) is 13.4. The van der Waals surface area contributed by atoms with Crippen LogP contribution in [-0.4, -0.2) is 38.8 Å². The molecule has 0 bridgehead atoms. The Hall–Kier alpha value is -0.610. The van der Waals surface area contributed by atoms with E-state index < -0.39 is 0 Å². The first-order valence-corrected chi connectivity index (χ1v) is 5.36. The number of rotatable bonds is 9. The topological polar surface area (TPSA) is 50.4 Å². The van der Waals surface area contributed by atoms with E-state index in [1.165, 1.54) is 0 Å². The third-order valence-corrected chi connectivity index (χ3v) is 1.67. The van der Waals surface area contributed by atoms with E-state index in [0.29, 0.717) is 13.0 Å². The van der Waals surface area contributed by atoms with Gasteiger partial charge >= 0.3 is 0 Å². The monoisotopic (exact) mass is 202 g/mol. The standard InChI is InChI=1S/C10H22N2O2/c1-3-8-14-9-7-11-6-5-10(13)12-4-2/h11H,3-9H2,1-2H3,(H,12,13). The molecule has 0 unspecified atom stereocenters. The van der Waals surface area contributed by atoms with E-state index in [4.69, 9.17) is 4.74 Å². The summed E-state index contributed by atoms with van der Waals surface area (Å²) in [6, 6.07) is 0. The van der Waals surface area contributed by atoms with Crippen LogP contribution in [0, 0.1) is 0 Å². The van der Waals surface area contributed by atoms with Crippen molar-refractivity contribution in [1.29, 1.82) is 0 Å². The van der Waals surface area contributed by atoms with Gasteiger partial charge in [0.25, 0.3) is 0 Å². The van der Waals surface area contributed by atoms with E-state index in [2.05, 4.69) is 17.6 Å². The summed E-state index contributed by atoms with van der Waals surface area (Å²) < 4.78 is 5.27. The average Bonchev–Trinajstić information content (AvgIpc) is 2.17. The van der Waals surface area contributed by atoms with E-state index in [9.17, 15) is 4.79 Å². The lowest BCUT2D eigenvalue weighted by Crippen LogP contribution is -2.28. The van der Waals surface area contributed by atoms with Crippen LogP contribution >= 0.6 is 0 Å². The zero-order chi connectivity index (χ0) is 10.6. The molecule has 0 fully saturated rings. The molecular formula is C10H22N2O2. The molecule has 1 amide bonds. The van der Waals surface area contributed by atoms with E-state index in [1.54, 1.807) is 0 Å². The maximum atomic E-state index is 11.0. The van der Waals surface area contributed by atoms with Crippen LogP contribution in [-0.2, 0) is 9.53 Å². The number of amides is 1. The van der Waals surface area contributed by atoms with Crippen molar-refractivity contribution in [2.75, 3.05) is 32.8 Å². The van der Waals surface area contributed by atoms with E-state index in [0.717, 1.165) is 32.7 Å². The molecule has 0 aromatic rings. The Balaban J connectivity index is 3.01. The molecule has 0 spiro atoms. The SMILES string of the molecule is CCCOCCNCCC(=O)NCC. The first-order valence-electron chi connectivity index (χ1n) is 5.36. The van der Waals surface area contributed by atoms with Crippen molar-refractivity contribution in [1.82, 2.24) is 10.6 Å². The molecule has 0 saturated heterocycles. The molecular weight excluding hydrogens is 180 g/mol. The molecule has 14 heavy (non-hydrogen) atoms. The van der Waals surface area contributed by atoms with Crippen LogP contribution in [0.25, 0.3) is 0 Å². The zero-order valence-electron chi connectivity index (χ0n) is 9.27. The Kier molecular flexibility index (Phi) is 10.0. The Morgan fingerprint density at radius 1 is 1.21 bits per heavy atom. The Bertz CT molecular complexity index is 140. The molecule has 0 heterocycles. The Morgan fingerprint density at radius 3 is 2.64 bits per heavy atom. The van der Waals surface area contributed by atoms with Crippen molar-refractivity contribution in [2.24, 2.45) is 0 Å². The van der Waals surface area contributed by atoms with E-state index in [-0.39, 0.29) is 5.91 Å². The molecule has 84 valence electrons. The molecule has 0 atom stereocenters. The fourth-order valence-corrected chi connectivity index (χ4v) is 1.00. The number of carbonyl (C=O) groups is 1. The van der Waals surface area contributed by atoms with Crippen LogP contribution < -0.4 is 10.6 Å². The summed E-state index contributed by atoms with van der Waals surface area (Å²) in [5.74, 6) is 0.106. The van der Waals surface area contributed by atoms with Crippen molar-refractivity contribution in [3.05, 3.63) is 0 Å². The minimum atomic E-state index is 0.106. The molecule has 0 aliphatic rings. The van der Waals surface area contributed by atoms with Gasteiger partial charge in [-0.25, -0.2) is 0 Å². The molecule has 0 aromatic heterocycles. The normalized spacial score (nSPS) is 10.1. The minimum absolute atomic E-state index is 0.106. The average molecular weight is 202 g/mol. The van der Waals surface area contributed by atoms with Gasteiger partial charge in [0.15, 0.2) is 0 Å². The largest absolute Gasteiger partial charge is 0.380 e. The summed E-state index contributed by atoms with van der Waals surface area (Å²) in [6.07, 6.45) is 1.60. The third kappa shape index (κ3) is 9.48. The summed E-state index contributed by atoms with van der Waals surface area (Å²) in [5.41, 5.74) is 0. The van der Waals surface area contributed by atoms with Crippen LogP contribution in [0.5, 0.6) is 0 Å². The quantitative estimate of drug-likeness (QED) is 0.536. The maximum Gasteiger partial charge on any atom is 0.221 e. The lowest BCUT2D eigenvalue weighted by molar-refractivity contribution is -0.120. The first-order chi connectivity index (χ1) is 6.81. The van der Waals surface area contributed by atoms with Crippen LogP contribution in [0.4, 0.5) is 0 Å². The summed E-state index contributed by atoms with van der Waals surface area (Å²) in [6.45, 7) is 7.80. The molecule has 0 aliphatic carbocycles. The van der Waals surface area contributed by atoms with Gasteiger partial charge in [-0.2, -0.15) is 0 Å². The van der Waals surface area contributed by atoms with Gasteiger partial charge in [-0.05, 0) is 13.3 Å². The minimum Gasteiger partial charge on any atom is -0.380 e. The predicted molar refractivity (Wildman–Crippen MR) is 57.3 cm³/mol. The van der Waals surface area contributed by atoms with Crippen LogP contribution in [0.2, 0.25) is 0 Å². The summed E-state index contributed by atoms with van der Waals surface area (Å²) in [4.78, 5) is 11.0. The van der Waals surface area contributed by atoms with Crippen molar-refractivity contribution >= 4 is 5.91 Å². The highest BCUT2D eigenvalue weighted by Gasteiger charge is 1.97. The smallest absolute Gasteiger partial charge is 0.221 e. The second kappa shape index (κ2) is 10.5. The fraction of sp³-hybridized carbons (Fsp3) is 0.900. The van der Waals surface area contributed by atoms with Crippen molar-refractivity contribution in [3.8, 4) is 0 Å². The van der Waals surface area contributed by atoms with Crippen LogP contribution in [0.1, 0.15) is 26.7 Å². The van der Waals surface area contributed by atoms with E-state index in [1.807, 2.05) is 6.92 Å². The van der Waals surface area contributed by atoms with Crippen LogP contribution in [0.15, 0.2) is 0 Å². The van der Waals surface area contributed by atoms with Gasteiger partial charge in [0.05, 0.1) is 6.61 Å². The number of nitrogens with one attached hydrogen (secondary N) is 2. The number of ether oxygens (including phenoxy) is 1. The number of hydrogen-bond acceptors (Lipinski definition) is 3. The number of carbonyl (C=O) groups excluding carboxylic acids is 1. The van der Waals surface area contributed by atoms with Crippen molar-refractivity contribution < 1.29 is 9.53 Å². The van der Waals surface area contributed by atoms with Crippen molar-refractivity contribution in [3.63, 3.8) is 0 Å². The highest BCUT2D eigenvalue weighted by Crippen LogP contribution is 1.80. The number of hydrogen-bond donors (Lipinski definition) is 2. The fourth-order valence-electron chi connectivity index (χ4n) is 1.00. The van der Waals surface area contributed by atoms with Gasteiger partial charge < -0.3 is 15.4 Å². The van der Waals surface area contributed by atoms with Gasteiger partial charge in [0, 0.05) is 32.7 Å². The molecule has 2 N–H and O–H groups in total. The predicted octanol–water partition coefficient (Wildman–Crippen LogP) is 0.529. The molecule has 0 aliphatic heterocycles. The zero-order valence-corrected chi connectivity index (χ0v) is 9.27. The second-order valence-electron chi connectivity index (χ2n) is 3.07. The van der Waals surface area contributed by atoms with Gasteiger partial charge in [-0.15, -0.1) is 0 Å². The Labute approximate surface area is 86.4 Å². The van der Waals surface area contributed by atoms with Gasteiger partial charge in [0.1, 0.15) is 0 Å². The molecule has 4 nitrogen and oxygen atoms in total. The van der Waals surface area contributed by atoms with Gasteiger partial charge in [-0.1, -0.05) is 6.92 Å². The molecule has 0 radical (unpaired) electrons. The molecule has 0 saturated carbocycles. The Morgan fingerprint density at radius 2 is 2.00 bits per heavy atom. The lowest BCUT2D eigenvalue weighted by Gasteiger charge is -2.05. The van der Waals surface area contributed by atoms with E-state index >= 15 is 0 Å².